The van der Waals surface area contributed by atoms with Gasteiger partial charge < -0.3 is 9.47 Å². The quantitative estimate of drug-likeness (QED) is 0.323. The Bertz CT molecular complexity index is 1180. The first-order valence-corrected chi connectivity index (χ1v) is 12.0. The fourth-order valence-corrected chi connectivity index (χ4v) is 4.86. The lowest BCUT2D eigenvalue weighted by atomic mass is 10.1. The van der Waals surface area contributed by atoms with Crippen molar-refractivity contribution in [3.63, 3.8) is 0 Å². The number of benzene rings is 3. The molecule has 0 radical (unpaired) electrons. The van der Waals surface area contributed by atoms with Gasteiger partial charge in [-0.25, -0.2) is 0 Å². The van der Waals surface area contributed by atoms with E-state index in [0.29, 0.717) is 40.4 Å². The van der Waals surface area contributed by atoms with E-state index in [-0.39, 0.29) is 11.1 Å². The first kappa shape index (κ1) is 23.1. The number of methoxy groups -OCH3 is 1. The van der Waals surface area contributed by atoms with Gasteiger partial charge in [0.2, 0.25) is 0 Å². The highest BCUT2D eigenvalue weighted by Crippen LogP contribution is 2.39. The zero-order valence-electron chi connectivity index (χ0n) is 18.0. The number of nitrogens with zero attached hydrogens (tertiary/aromatic N) is 1. The molecule has 1 aliphatic rings. The highest BCUT2D eigenvalue weighted by Gasteiger charge is 2.34. The molecule has 1 heterocycles. The van der Waals surface area contributed by atoms with Crippen molar-refractivity contribution in [3.05, 3.63) is 98.9 Å². The largest absolute Gasteiger partial charge is 0.493 e. The van der Waals surface area contributed by atoms with Crippen LogP contribution in [0.15, 0.2) is 82.2 Å². The summed E-state index contributed by atoms with van der Waals surface area (Å²) in [6, 6.07) is 23.3. The first-order valence-electron chi connectivity index (χ1n) is 10.4. The highest BCUT2D eigenvalue weighted by molar-refractivity contribution is 9.10. The van der Waals surface area contributed by atoms with Crippen molar-refractivity contribution in [1.82, 2.24) is 4.90 Å². The van der Waals surface area contributed by atoms with E-state index < -0.39 is 0 Å². The summed E-state index contributed by atoms with van der Waals surface area (Å²) in [5, 5.41) is -0.254. The summed E-state index contributed by atoms with van der Waals surface area (Å²) in [5.41, 5.74) is 2.86. The highest BCUT2D eigenvalue weighted by atomic mass is 79.9. The summed E-state index contributed by atoms with van der Waals surface area (Å²) in [4.78, 5) is 27.0. The molecule has 0 saturated carbocycles. The SMILES string of the molecule is COc1cc(/C=C2\SC(=O)N(CCc3ccccc3)C2=O)cc(Br)c1OCc1ccccc1. The third-order valence-electron chi connectivity index (χ3n) is 5.12. The van der Waals surface area contributed by atoms with Crippen molar-refractivity contribution < 1.29 is 19.1 Å². The number of ether oxygens (including phenoxy) is 2. The average Bonchev–Trinajstić information content (AvgIpc) is 3.10. The van der Waals surface area contributed by atoms with E-state index in [1.807, 2.05) is 66.7 Å². The standard InChI is InChI=1S/C26H22BrNO4S/c1-31-22-15-20(14-21(27)24(22)32-17-19-10-6-3-7-11-19)16-23-25(29)28(26(30)33-23)13-12-18-8-4-2-5-9-18/h2-11,14-16H,12-13,17H2,1H3/b23-16-. The van der Waals surface area contributed by atoms with Crippen LogP contribution in [0, 0.1) is 0 Å². The Morgan fingerprint density at radius 2 is 1.64 bits per heavy atom. The van der Waals surface area contributed by atoms with E-state index >= 15 is 0 Å². The van der Waals surface area contributed by atoms with E-state index in [4.69, 9.17) is 9.47 Å². The molecular formula is C26H22BrNO4S. The van der Waals surface area contributed by atoms with Crippen LogP contribution >= 0.6 is 27.7 Å². The van der Waals surface area contributed by atoms with E-state index in [1.54, 1.807) is 19.3 Å². The summed E-state index contributed by atoms with van der Waals surface area (Å²) in [7, 11) is 1.57. The second-order valence-electron chi connectivity index (χ2n) is 7.38. The molecule has 7 heteroatoms. The van der Waals surface area contributed by atoms with Gasteiger partial charge in [0.25, 0.3) is 11.1 Å². The van der Waals surface area contributed by atoms with Crippen molar-refractivity contribution >= 4 is 44.9 Å². The molecule has 0 spiro atoms. The average molecular weight is 524 g/mol. The Hall–Kier alpha value is -3.03. The minimum absolute atomic E-state index is 0.254. The molecule has 0 atom stereocenters. The summed E-state index contributed by atoms with van der Waals surface area (Å²) in [5.74, 6) is 0.838. The smallest absolute Gasteiger partial charge is 0.293 e. The van der Waals surface area contributed by atoms with Crippen molar-refractivity contribution in [1.29, 1.82) is 0 Å². The fourth-order valence-electron chi connectivity index (χ4n) is 3.42. The normalized spacial score (nSPS) is 14.7. The molecule has 1 aliphatic heterocycles. The van der Waals surface area contributed by atoms with E-state index in [0.717, 1.165) is 28.5 Å². The van der Waals surface area contributed by atoms with Gasteiger partial charge in [-0.05, 0) is 69.0 Å². The second kappa shape index (κ2) is 10.7. The number of halogens is 1. The van der Waals surface area contributed by atoms with Crippen LogP contribution in [0.4, 0.5) is 4.79 Å². The van der Waals surface area contributed by atoms with Crippen LogP contribution in [0.25, 0.3) is 6.08 Å². The van der Waals surface area contributed by atoms with Crippen molar-refractivity contribution in [3.8, 4) is 11.5 Å². The van der Waals surface area contributed by atoms with E-state index in [2.05, 4.69) is 15.9 Å². The third-order valence-corrected chi connectivity index (χ3v) is 6.61. The van der Waals surface area contributed by atoms with Crippen molar-refractivity contribution in [2.45, 2.75) is 13.0 Å². The van der Waals surface area contributed by atoms with Gasteiger partial charge in [-0.2, -0.15) is 0 Å². The molecule has 5 nitrogen and oxygen atoms in total. The molecular weight excluding hydrogens is 502 g/mol. The molecule has 33 heavy (non-hydrogen) atoms. The number of amides is 2. The number of hydrogen-bond acceptors (Lipinski definition) is 5. The minimum Gasteiger partial charge on any atom is -0.493 e. The molecule has 4 rings (SSSR count). The summed E-state index contributed by atoms with van der Waals surface area (Å²) < 4.78 is 12.2. The van der Waals surface area contributed by atoms with Gasteiger partial charge in [-0.15, -0.1) is 0 Å². The predicted octanol–water partition coefficient (Wildman–Crippen LogP) is 6.32. The maximum atomic E-state index is 12.9. The molecule has 0 bridgehead atoms. The molecule has 1 saturated heterocycles. The fraction of sp³-hybridized carbons (Fsp3) is 0.154. The third kappa shape index (κ3) is 5.67. The summed E-state index contributed by atoms with van der Waals surface area (Å²) >= 11 is 4.50. The molecule has 0 aromatic heterocycles. The van der Waals surface area contributed by atoms with Crippen molar-refractivity contribution in [2.24, 2.45) is 0 Å². The molecule has 2 amide bonds. The molecule has 1 fully saturated rings. The Labute approximate surface area is 205 Å². The van der Waals surface area contributed by atoms with Crippen LogP contribution in [0.5, 0.6) is 11.5 Å². The number of rotatable bonds is 8. The summed E-state index contributed by atoms with van der Waals surface area (Å²) in [6.07, 6.45) is 2.33. The van der Waals surface area contributed by atoms with Crippen molar-refractivity contribution in [2.75, 3.05) is 13.7 Å². The lowest BCUT2D eigenvalue weighted by molar-refractivity contribution is -0.122. The Kier molecular flexibility index (Phi) is 7.52. The van der Waals surface area contributed by atoms with Crippen LogP contribution in [0.1, 0.15) is 16.7 Å². The van der Waals surface area contributed by atoms with E-state index in [1.165, 1.54) is 4.90 Å². The van der Waals surface area contributed by atoms with Crippen LogP contribution in [0.2, 0.25) is 0 Å². The van der Waals surface area contributed by atoms with Gasteiger partial charge in [0.1, 0.15) is 6.61 Å². The van der Waals surface area contributed by atoms with Crippen LogP contribution in [0.3, 0.4) is 0 Å². The van der Waals surface area contributed by atoms with Gasteiger partial charge >= 0.3 is 0 Å². The van der Waals surface area contributed by atoms with Crippen LogP contribution < -0.4 is 9.47 Å². The molecule has 3 aromatic rings. The van der Waals surface area contributed by atoms with Gasteiger partial charge in [0.15, 0.2) is 11.5 Å². The molecule has 0 unspecified atom stereocenters. The molecule has 0 N–H and O–H groups in total. The zero-order valence-corrected chi connectivity index (χ0v) is 20.4. The minimum atomic E-state index is -0.277. The number of carbonyl (C=O) groups excluding carboxylic acids is 2. The summed E-state index contributed by atoms with van der Waals surface area (Å²) in [6.45, 7) is 0.751. The maximum absolute atomic E-state index is 12.9. The molecule has 3 aromatic carbocycles. The number of carbonyl (C=O) groups is 2. The monoisotopic (exact) mass is 523 g/mol. The Balaban J connectivity index is 1.49. The van der Waals surface area contributed by atoms with Gasteiger partial charge in [-0.3, -0.25) is 14.5 Å². The van der Waals surface area contributed by atoms with E-state index in [9.17, 15) is 9.59 Å². The topological polar surface area (TPSA) is 55.8 Å². The lowest BCUT2D eigenvalue weighted by Crippen LogP contribution is -2.30. The lowest BCUT2D eigenvalue weighted by Gasteiger charge is -2.14. The number of imide groups is 1. The van der Waals surface area contributed by atoms with Gasteiger partial charge in [0, 0.05) is 6.54 Å². The predicted molar refractivity (Wildman–Crippen MR) is 134 cm³/mol. The van der Waals surface area contributed by atoms with Crippen LogP contribution in [-0.2, 0) is 17.8 Å². The molecule has 168 valence electrons. The van der Waals surface area contributed by atoms with Gasteiger partial charge in [0.05, 0.1) is 16.5 Å². The van der Waals surface area contributed by atoms with Gasteiger partial charge in [-0.1, -0.05) is 60.7 Å². The molecule has 0 aliphatic carbocycles. The number of thioether (sulfide) groups is 1. The first-order chi connectivity index (χ1) is 16.0. The Morgan fingerprint density at radius 3 is 2.30 bits per heavy atom. The zero-order chi connectivity index (χ0) is 23.2. The Morgan fingerprint density at radius 1 is 0.970 bits per heavy atom. The van der Waals surface area contributed by atoms with Crippen LogP contribution in [-0.4, -0.2) is 29.7 Å². The maximum Gasteiger partial charge on any atom is 0.293 e. The second-order valence-corrected chi connectivity index (χ2v) is 9.22. The number of hydrogen-bond donors (Lipinski definition) is 0.